The van der Waals surface area contributed by atoms with E-state index in [9.17, 15) is 13.2 Å². The maximum atomic E-state index is 12.0. The van der Waals surface area contributed by atoms with Crippen molar-refractivity contribution in [2.24, 2.45) is 5.14 Å². The molecule has 1 amide bonds. The van der Waals surface area contributed by atoms with Crippen LogP contribution in [0.3, 0.4) is 0 Å². The van der Waals surface area contributed by atoms with E-state index >= 15 is 0 Å². The molecule has 0 spiro atoms. The number of carbonyl (C=O) groups is 1. The molecule has 1 aromatic heterocycles. The molecule has 0 unspecified atom stereocenters. The lowest BCUT2D eigenvalue weighted by Gasteiger charge is -2.10. The number of hydrogen-bond donors (Lipinski definition) is 2. The smallest absolute Gasteiger partial charge is 0.291 e. The first-order valence-corrected chi connectivity index (χ1v) is 7.44. The molecular weight excluding hydrogens is 296 g/mol. The van der Waals surface area contributed by atoms with E-state index < -0.39 is 15.9 Å². The van der Waals surface area contributed by atoms with Crippen molar-refractivity contribution in [1.82, 2.24) is 0 Å². The van der Waals surface area contributed by atoms with Gasteiger partial charge in [0.15, 0.2) is 5.76 Å². The van der Waals surface area contributed by atoms with Crippen molar-refractivity contribution in [2.45, 2.75) is 11.8 Å². The zero-order valence-corrected chi connectivity index (χ0v) is 12.2. The third kappa shape index (κ3) is 3.41. The Morgan fingerprint density at radius 3 is 2.52 bits per heavy atom. The summed E-state index contributed by atoms with van der Waals surface area (Å²) in [7, 11) is -2.48. The number of nitrogens with two attached hydrogens (primary N) is 1. The average molecular weight is 310 g/mol. The van der Waals surface area contributed by atoms with Crippen molar-refractivity contribution in [3.63, 3.8) is 0 Å². The molecule has 2 aromatic rings. The number of ether oxygens (including phenoxy) is 1. The van der Waals surface area contributed by atoms with Crippen LogP contribution in [0.1, 0.15) is 16.3 Å². The minimum Gasteiger partial charge on any atom is -0.495 e. The molecule has 8 heteroatoms. The Bertz CT molecular complexity index is 780. The van der Waals surface area contributed by atoms with Gasteiger partial charge in [0.05, 0.1) is 17.7 Å². The zero-order chi connectivity index (χ0) is 15.6. The van der Waals surface area contributed by atoms with E-state index in [0.717, 1.165) is 0 Å². The van der Waals surface area contributed by atoms with Crippen LogP contribution in [0.15, 0.2) is 39.6 Å². The van der Waals surface area contributed by atoms with Gasteiger partial charge in [-0.1, -0.05) is 0 Å². The monoisotopic (exact) mass is 310 g/mol. The highest BCUT2D eigenvalue weighted by Crippen LogP contribution is 2.27. The van der Waals surface area contributed by atoms with Crippen molar-refractivity contribution in [2.75, 3.05) is 12.4 Å². The van der Waals surface area contributed by atoms with Crippen molar-refractivity contribution < 1.29 is 22.4 Å². The molecule has 0 bridgehead atoms. The number of benzene rings is 1. The number of aryl methyl sites for hydroxylation is 1. The van der Waals surface area contributed by atoms with E-state index in [1.54, 1.807) is 13.0 Å². The molecular formula is C13H14N2O5S. The van der Waals surface area contributed by atoms with Crippen molar-refractivity contribution in [3.8, 4) is 5.75 Å². The van der Waals surface area contributed by atoms with Crippen LogP contribution in [-0.4, -0.2) is 21.4 Å². The molecule has 2 rings (SSSR count). The van der Waals surface area contributed by atoms with Gasteiger partial charge in [-0.15, -0.1) is 0 Å². The van der Waals surface area contributed by atoms with Crippen LogP contribution in [-0.2, 0) is 10.0 Å². The van der Waals surface area contributed by atoms with E-state index in [2.05, 4.69) is 5.32 Å². The summed E-state index contributed by atoms with van der Waals surface area (Å²) in [4.78, 5) is 11.9. The van der Waals surface area contributed by atoms with E-state index in [1.165, 1.54) is 31.4 Å². The molecule has 0 aliphatic carbocycles. The zero-order valence-electron chi connectivity index (χ0n) is 11.4. The Hall–Kier alpha value is -2.32. The predicted octanol–water partition coefficient (Wildman–Crippen LogP) is 1.50. The Labute approximate surface area is 121 Å². The molecule has 21 heavy (non-hydrogen) atoms. The fourth-order valence-electron chi connectivity index (χ4n) is 1.70. The van der Waals surface area contributed by atoms with Gasteiger partial charge in [0.1, 0.15) is 11.5 Å². The van der Waals surface area contributed by atoms with Gasteiger partial charge >= 0.3 is 0 Å². The third-order valence-corrected chi connectivity index (χ3v) is 3.62. The number of primary sulfonamides is 1. The van der Waals surface area contributed by atoms with E-state index in [1.807, 2.05) is 0 Å². The van der Waals surface area contributed by atoms with E-state index in [-0.39, 0.29) is 16.3 Å². The Balaban J connectivity index is 2.36. The van der Waals surface area contributed by atoms with Gasteiger partial charge in [-0.2, -0.15) is 0 Å². The third-order valence-electron chi connectivity index (χ3n) is 2.71. The molecule has 1 aromatic carbocycles. The molecule has 0 saturated heterocycles. The topological polar surface area (TPSA) is 112 Å². The summed E-state index contributed by atoms with van der Waals surface area (Å²) < 4.78 is 33.0. The summed E-state index contributed by atoms with van der Waals surface area (Å²) in [5.41, 5.74) is 0.183. The van der Waals surface area contributed by atoms with Crippen molar-refractivity contribution in [3.05, 3.63) is 41.9 Å². The van der Waals surface area contributed by atoms with E-state index in [4.69, 9.17) is 14.3 Å². The van der Waals surface area contributed by atoms with Crippen LogP contribution >= 0.6 is 0 Å². The molecule has 0 atom stereocenters. The Morgan fingerprint density at radius 1 is 1.29 bits per heavy atom. The second-order valence-corrected chi connectivity index (χ2v) is 5.83. The summed E-state index contributed by atoms with van der Waals surface area (Å²) in [5.74, 6) is 0.480. The summed E-state index contributed by atoms with van der Waals surface area (Å²) in [6.07, 6.45) is 0. The average Bonchev–Trinajstić information content (AvgIpc) is 2.84. The largest absolute Gasteiger partial charge is 0.495 e. The Morgan fingerprint density at radius 2 is 2.00 bits per heavy atom. The number of amides is 1. The van der Waals surface area contributed by atoms with Crippen LogP contribution in [0.5, 0.6) is 5.75 Å². The minimum atomic E-state index is -3.88. The molecule has 0 aliphatic rings. The lowest BCUT2D eigenvalue weighted by molar-refractivity contribution is 0.0995. The number of methoxy groups -OCH3 is 1. The molecule has 0 fully saturated rings. The second-order valence-electron chi connectivity index (χ2n) is 4.27. The first kappa shape index (κ1) is 15.1. The molecule has 3 N–H and O–H groups in total. The first-order chi connectivity index (χ1) is 9.81. The molecule has 0 aliphatic heterocycles. The van der Waals surface area contributed by atoms with Gasteiger partial charge < -0.3 is 14.5 Å². The number of sulfonamides is 1. The number of rotatable bonds is 4. The molecule has 112 valence electrons. The number of anilines is 1. The summed E-state index contributed by atoms with van der Waals surface area (Å²) in [5, 5.41) is 7.59. The quantitative estimate of drug-likeness (QED) is 0.888. The van der Waals surface area contributed by atoms with Gasteiger partial charge in [-0.25, -0.2) is 13.6 Å². The number of nitrogens with one attached hydrogen (secondary N) is 1. The molecule has 1 heterocycles. The van der Waals surface area contributed by atoms with Crippen molar-refractivity contribution >= 4 is 21.6 Å². The highest BCUT2D eigenvalue weighted by molar-refractivity contribution is 7.89. The van der Waals surface area contributed by atoms with Crippen LogP contribution in [0.25, 0.3) is 0 Å². The second kappa shape index (κ2) is 5.58. The van der Waals surface area contributed by atoms with Gasteiger partial charge in [-0.3, -0.25) is 4.79 Å². The number of furan rings is 1. The van der Waals surface area contributed by atoms with Crippen molar-refractivity contribution in [1.29, 1.82) is 0 Å². The maximum Gasteiger partial charge on any atom is 0.291 e. The SMILES string of the molecule is COc1ccc(S(N)(=O)=O)cc1NC(=O)c1ccc(C)o1. The van der Waals surface area contributed by atoms with Gasteiger partial charge in [-0.05, 0) is 37.3 Å². The predicted molar refractivity (Wildman–Crippen MR) is 75.8 cm³/mol. The van der Waals surface area contributed by atoms with Crippen LogP contribution in [0.2, 0.25) is 0 Å². The molecule has 0 radical (unpaired) electrons. The standard InChI is InChI=1S/C13H14N2O5S/c1-8-3-5-12(20-8)13(16)15-10-7-9(21(14,17)18)4-6-11(10)19-2/h3-7H,1-2H3,(H,15,16)(H2,14,17,18). The van der Waals surface area contributed by atoms with Crippen LogP contribution < -0.4 is 15.2 Å². The summed E-state index contributed by atoms with van der Waals surface area (Å²) in [6, 6.07) is 7.08. The lowest BCUT2D eigenvalue weighted by Crippen LogP contribution is -2.15. The van der Waals surface area contributed by atoms with E-state index in [0.29, 0.717) is 11.5 Å². The van der Waals surface area contributed by atoms with Crippen LogP contribution in [0.4, 0.5) is 5.69 Å². The summed E-state index contributed by atoms with van der Waals surface area (Å²) >= 11 is 0. The number of hydrogen-bond acceptors (Lipinski definition) is 5. The highest BCUT2D eigenvalue weighted by atomic mass is 32.2. The molecule has 7 nitrogen and oxygen atoms in total. The highest BCUT2D eigenvalue weighted by Gasteiger charge is 2.16. The first-order valence-electron chi connectivity index (χ1n) is 5.90. The van der Waals surface area contributed by atoms with Gasteiger partial charge in [0.2, 0.25) is 10.0 Å². The summed E-state index contributed by atoms with van der Waals surface area (Å²) in [6.45, 7) is 1.71. The fourth-order valence-corrected chi connectivity index (χ4v) is 2.24. The van der Waals surface area contributed by atoms with Gasteiger partial charge in [0, 0.05) is 0 Å². The Kier molecular flexibility index (Phi) is 4.01. The maximum absolute atomic E-state index is 12.0. The molecule has 0 saturated carbocycles. The van der Waals surface area contributed by atoms with Crippen LogP contribution in [0, 0.1) is 6.92 Å². The minimum absolute atomic E-state index is 0.107. The van der Waals surface area contributed by atoms with Gasteiger partial charge in [0.25, 0.3) is 5.91 Å². The number of carbonyl (C=O) groups excluding carboxylic acids is 1. The fraction of sp³-hybridized carbons (Fsp3) is 0.154. The normalized spacial score (nSPS) is 11.2. The lowest BCUT2D eigenvalue weighted by atomic mass is 10.3.